The Morgan fingerprint density at radius 3 is 1.75 bits per heavy atom. The predicted molar refractivity (Wildman–Crippen MR) is 199 cm³/mol. The van der Waals surface area contributed by atoms with Gasteiger partial charge in [0.05, 0.1) is 33.3 Å². The first kappa shape index (κ1) is 26.8. The van der Waals surface area contributed by atoms with Gasteiger partial charge in [-0.2, -0.15) is 0 Å². The highest BCUT2D eigenvalue weighted by atomic mass is 15.1. The first-order valence-electron chi connectivity index (χ1n) is 16.5. The number of hydrogen-bond donors (Lipinski definition) is 2. The van der Waals surface area contributed by atoms with Crippen LogP contribution in [0.1, 0.15) is 22.9 Å². The third-order valence-corrected chi connectivity index (χ3v) is 9.79. The van der Waals surface area contributed by atoms with Crippen LogP contribution in [0.4, 0.5) is 5.69 Å². The van der Waals surface area contributed by atoms with E-state index in [0.717, 1.165) is 22.8 Å². The van der Waals surface area contributed by atoms with Gasteiger partial charge in [0, 0.05) is 44.0 Å². The van der Waals surface area contributed by atoms with Gasteiger partial charge in [0.1, 0.15) is 0 Å². The second-order valence-corrected chi connectivity index (χ2v) is 12.5. The Morgan fingerprint density at radius 2 is 1.02 bits per heavy atom. The molecule has 4 nitrogen and oxygen atoms in total. The van der Waals surface area contributed by atoms with E-state index in [0.29, 0.717) is 0 Å². The number of aromatic nitrogens is 2. The Balaban J connectivity index is 1.20. The number of para-hydroxylation sites is 4. The highest BCUT2D eigenvalue weighted by molar-refractivity contribution is 6.19. The number of anilines is 1. The summed E-state index contributed by atoms with van der Waals surface area (Å²) in [6, 6.07) is 61.1. The fourth-order valence-electron chi connectivity index (χ4n) is 7.66. The van der Waals surface area contributed by atoms with Crippen LogP contribution in [0.25, 0.3) is 55.0 Å². The minimum Gasteiger partial charge on any atom is -0.323 e. The Hall–Kier alpha value is -6.39. The van der Waals surface area contributed by atoms with Crippen LogP contribution in [0.5, 0.6) is 0 Å². The third-order valence-electron chi connectivity index (χ3n) is 9.79. The number of rotatable bonds is 4. The van der Waals surface area contributed by atoms with Crippen molar-refractivity contribution in [1.82, 2.24) is 9.13 Å². The molecule has 2 N–H and O–H groups in total. The Morgan fingerprint density at radius 1 is 0.438 bits per heavy atom. The van der Waals surface area contributed by atoms with E-state index in [9.17, 15) is 0 Å². The molecule has 0 radical (unpaired) electrons. The van der Waals surface area contributed by atoms with E-state index in [1.54, 1.807) is 0 Å². The second-order valence-electron chi connectivity index (χ2n) is 12.5. The van der Waals surface area contributed by atoms with Gasteiger partial charge in [0.15, 0.2) is 0 Å². The monoisotopic (exact) mass is 615 g/mol. The summed E-state index contributed by atoms with van der Waals surface area (Å²) >= 11 is 0. The van der Waals surface area contributed by atoms with E-state index in [4.69, 9.17) is 0 Å². The lowest BCUT2D eigenvalue weighted by Gasteiger charge is -2.21. The summed E-state index contributed by atoms with van der Waals surface area (Å²) in [5.41, 5.74) is 12.9. The molecule has 226 valence electrons. The zero-order valence-electron chi connectivity index (χ0n) is 26.1. The van der Waals surface area contributed by atoms with Crippen molar-refractivity contribution in [2.75, 3.05) is 5.32 Å². The van der Waals surface area contributed by atoms with Gasteiger partial charge in [-0.05, 0) is 72.8 Å². The molecule has 0 saturated carbocycles. The molecule has 1 unspecified atom stereocenters. The summed E-state index contributed by atoms with van der Waals surface area (Å²) in [5, 5.41) is 8.80. The number of nitrogens with one attached hydrogen (secondary N) is 2. The smallest absolute Gasteiger partial charge is 0.251 e. The van der Waals surface area contributed by atoms with Crippen molar-refractivity contribution >= 4 is 55.0 Å². The first-order chi connectivity index (χ1) is 23.8. The molecule has 0 aliphatic carbocycles. The van der Waals surface area contributed by atoms with Gasteiger partial charge in [-0.15, -0.1) is 0 Å². The molecule has 0 saturated heterocycles. The maximum Gasteiger partial charge on any atom is 0.251 e. The predicted octanol–water partition coefficient (Wildman–Crippen LogP) is 8.92. The average Bonchev–Trinajstić information content (AvgIpc) is 3.66. The zero-order chi connectivity index (χ0) is 31.6. The lowest BCUT2D eigenvalue weighted by molar-refractivity contribution is -0.502. The Bertz CT molecular complexity index is 2700. The summed E-state index contributed by atoms with van der Waals surface area (Å²) in [6.07, 6.45) is -0.101. The summed E-state index contributed by atoms with van der Waals surface area (Å²) in [5.74, 6) is 0. The lowest BCUT2D eigenvalue weighted by Crippen LogP contribution is -2.78. The first-order valence-corrected chi connectivity index (χ1v) is 16.5. The number of hydrogen-bond acceptors (Lipinski definition) is 1. The molecule has 0 spiro atoms. The fraction of sp³-hybridized carbons (Fsp3) is 0.0227. The van der Waals surface area contributed by atoms with Crippen molar-refractivity contribution in [3.8, 4) is 11.4 Å². The minimum atomic E-state index is -0.101. The molecule has 1 aliphatic heterocycles. The molecule has 1 aliphatic rings. The van der Waals surface area contributed by atoms with E-state index in [1.807, 2.05) is 0 Å². The Labute approximate surface area is 277 Å². The van der Waals surface area contributed by atoms with Crippen molar-refractivity contribution in [1.29, 1.82) is 0 Å². The molecule has 0 fully saturated rings. The molecule has 48 heavy (non-hydrogen) atoms. The van der Waals surface area contributed by atoms with Crippen molar-refractivity contribution in [2.45, 2.75) is 6.17 Å². The van der Waals surface area contributed by atoms with E-state index >= 15 is 0 Å². The molecule has 0 bridgehead atoms. The number of benzene rings is 7. The summed E-state index contributed by atoms with van der Waals surface area (Å²) in [4.78, 5) is 3.85. The Kier molecular flexibility index (Phi) is 5.90. The van der Waals surface area contributed by atoms with Crippen molar-refractivity contribution in [2.24, 2.45) is 0 Å². The minimum absolute atomic E-state index is 0.101. The molecule has 4 heteroatoms. The fourth-order valence-corrected chi connectivity index (χ4v) is 7.66. The van der Waals surface area contributed by atoms with E-state index in [2.05, 4.69) is 189 Å². The second kappa shape index (κ2) is 10.6. The highest BCUT2D eigenvalue weighted by Crippen LogP contribution is 2.39. The van der Waals surface area contributed by atoms with Gasteiger partial charge < -0.3 is 14.5 Å². The highest BCUT2D eigenvalue weighted by Gasteiger charge is 2.28. The van der Waals surface area contributed by atoms with Gasteiger partial charge >= 0.3 is 0 Å². The molecule has 2 aromatic heterocycles. The van der Waals surface area contributed by atoms with Crippen molar-refractivity contribution in [3.63, 3.8) is 0 Å². The summed E-state index contributed by atoms with van der Waals surface area (Å²) < 4.78 is 4.83. The van der Waals surface area contributed by atoms with E-state index < -0.39 is 0 Å². The maximum atomic E-state index is 3.85. The molecule has 0 amide bonds. The van der Waals surface area contributed by atoms with Crippen LogP contribution in [-0.2, 0) is 0 Å². The van der Waals surface area contributed by atoms with E-state index in [1.165, 1.54) is 60.3 Å². The van der Waals surface area contributed by atoms with Crippen LogP contribution in [0, 0.1) is 0 Å². The third kappa shape index (κ3) is 4.06. The summed E-state index contributed by atoms with van der Waals surface area (Å²) in [7, 11) is 0. The van der Waals surface area contributed by atoms with Crippen LogP contribution in [-0.4, -0.2) is 14.8 Å². The zero-order valence-corrected chi connectivity index (χ0v) is 26.1. The van der Waals surface area contributed by atoms with Gasteiger partial charge in [0.25, 0.3) is 6.17 Å². The largest absolute Gasteiger partial charge is 0.323 e. The number of fused-ring (bicyclic) bond motifs is 7. The normalized spacial score (nSPS) is 14.3. The van der Waals surface area contributed by atoms with Gasteiger partial charge in [-0.3, -0.25) is 0 Å². The average molecular weight is 616 g/mol. The standard InChI is InChI=1S/C44H30N4/c1-3-14-29(15-4-1)43-35-22-7-10-23-38(35)45-44(46-43)30-16-13-19-32(26-30)48-40-25-12-9-21-34(40)37-27-36-33-20-8-11-24-39(33)47(41(36)28-42(37)48)31-17-5-2-6-18-31/h1-28,44-45H/p+1. The van der Waals surface area contributed by atoms with Gasteiger partial charge in [-0.1, -0.05) is 97.1 Å². The SMILES string of the molecule is c1ccc(C2=[NH+]C(c3cccc(-n4c5ccccc5c5cc6c7ccccc7n(-c7ccccc7)c6cc54)c3)Nc3ccccc32)cc1. The molecule has 9 aromatic rings. The summed E-state index contributed by atoms with van der Waals surface area (Å²) in [6.45, 7) is 0. The number of nitrogens with zero attached hydrogens (tertiary/aromatic N) is 2. The topological polar surface area (TPSA) is 35.9 Å². The quantitative estimate of drug-likeness (QED) is 0.204. The van der Waals surface area contributed by atoms with Crippen LogP contribution in [0.3, 0.4) is 0 Å². The molecule has 10 rings (SSSR count). The molecular formula is C44H31N4+. The van der Waals surface area contributed by atoms with E-state index in [-0.39, 0.29) is 6.17 Å². The molecular weight excluding hydrogens is 585 g/mol. The van der Waals surface area contributed by atoms with Gasteiger partial charge in [-0.25, -0.2) is 4.99 Å². The molecule has 1 atom stereocenters. The van der Waals surface area contributed by atoms with Crippen LogP contribution in [0.15, 0.2) is 170 Å². The molecule has 7 aromatic carbocycles. The van der Waals surface area contributed by atoms with Crippen LogP contribution >= 0.6 is 0 Å². The van der Waals surface area contributed by atoms with Crippen molar-refractivity contribution < 1.29 is 4.99 Å². The van der Waals surface area contributed by atoms with Crippen LogP contribution in [0.2, 0.25) is 0 Å². The van der Waals surface area contributed by atoms with Gasteiger partial charge in [0.2, 0.25) is 5.71 Å². The van der Waals surface area contributed by atoms with Crippen LogP contribution < -0.4 is 10.3 Å². The van der Waals surface area contributed by atoms with Crippen molar-refractivity contribution in [3.05, 3.63) is 187 Å². The maximum absolute atomic E-state index is 3.85. The molecule has 3 heterocycles. The lowest BCUT2D eigenvalue weighted by atomic mass is 9.97.